The second kappa shape index (κ2) is 7.64. The summed E-state index contributed by atoms with van der Waals surface area (Å²) in [6, 6.07) is 0.460. The highest BCUT2D eigenvalue weighted by molar-refractivity contribution is 7.85. The minimum absolute atomic E-state index is 0.361. The third kappa shape index (κ3) is 4.65. The van der Waals surface area contributed by atoms with Gasteiger partial charge in [0.05, 0.1) is 5.25 Å². The van der Waals surface area contributed by atoms with Gasteiger partial charge < -0.3 is 5.32 Å². The van der Waals surface area contributed by atoms with E-state index >= 15 is 0 Å². The zero-order valence-electron chi connectivity index (χ0n) is 12.7. The van der Waals surface area contributed by atoms with Crippen LogP contribution in [0.5, 0.6) is 0 Å². The van der Waals surface area contributed by atoms with Crippen molar-refractivity contribution in [2.75, 3.05) is 12.3 Å². The van der Waals surface area contributed by atoms with Crippen molar-refractivity contribution < 1.29 is 4.21 Å². The maximum absolute atomic E-state index is 12.6. The Hall–Kier alpha value is 0.110. The van der Waals surface area contributed by atoms with Crippen molar-refractivity contribution >= 4 is 10.8 Å². The standard InChI is InChI=1S/C15H31NOS/c1-6-16-14-10-12(4)9-13(5)15(14)18(17)8-7-11(2)3/h11-16H,6-10H2,1-5H3. The Bertz CT molecular complexity index is 267. The van der Waals surface area contributed by atoms with Gasteiger partial charge in [-0.2, -0.15) is 0 Å². The molecular formula is C15H31NOS. The molecule has 5 unspecified atom stereocenters. The molecule has 18 heavy (non-hydrogen) atoms. The molecule has 0 amide bonds. The molecule has 3 heteroatoms. The van der Waals surface area contributed by atoms with E-state index in [0.29, 0.717) is 23.1 Å². The van der Waals surface area contributed by atoms with Gasteiger partial charge in [-0.3, -0.25) is 4.21 Å². The average Bonchev–Trinajstić information content (AvgIpc) is 2.25. The van der Waals surface area contributed by atoms with Gasteiger partial charge in [0.1, 0.15) is 0 Å². The van der Waals surface area contributed by atoms with Crippen molar-refractivity contribution in [1.82, 2.24) is 5.32 Å². The fourth-order valence-electron chi connectivity index (χ4n) is 3.22. The SMILES string of the molecule is CCNC1CC(C)CC(C)C1S(=O)CCC(C)C. The molecule has 1 aliphatic carbocycles. The van der Waals surface area contributed by atoms with Gasteiger partial charge in [0, 0.05) is 22.6 Å². The Morgan fingerprint density at radius 2 is 1.94 bits per heavy atom. The Kier molecular flexibility index (Phi) is 6.86. The van der Waals surface area contributed by atoms with Gasteiger partial charge in [0.25, 0.3) is 0 Å². The van der Waals surface area contributed by atoms with E-state index in [0.717, 1.165) is 24.6 Å². The minimum Gasteiger partial charge on any atom is -0.313 e. The molecule has 1 rings (SSSR count). The van der Waals surface area contributed by atoms with Crippen molar-refractivity contribution in [1.29, 1.82) is 0 Å². The lowest BCUT2D eigenvalue weighted by Crippen LogP contribution is -2.50. The van der Waals surface area contributed by atoms with Crippen LogP contribution in [-0.2, 0) is 10.8 Å². The van der Waals surface area contributed by atoms with E-state index in [2.05, 4.69) is 39.9 Å². The third-order valence-electron chi connectivity index (χ3n) is 4.05. The summed E-state index contributed by atoms with van der Waals surface area (Å²) >= 11 is 0. The highest BCUT2D eigenvalue weighted by atomic mass is 32.2. The molecule has 1 aliphatic rings. The van der Waals surface area contributed by atoms with E-state index < -0.39 is 10.8 Å². The molecule has 0 aromatic carbocycles. The number of hydrogen-bond acceptors (Lipinski definition) is 2. The Labute approximate surface area is 116 Å². The van der Waals surface area contributed by atoms with Gasteiger partial charge >= 0.3 is 0 Å². The smallest absolute Gasteiger partial charge is 0.0526 e. The maximum atomic E-state index is 12.6. The molecule has 0 aromatic rings. The van der Waals surface area contributed by atoms with Crippen molar-refractivity contribution in [2.24, 2.45) is 17.8 Å². The largest absolute Gasteiger partial charge is 0.313 e. The van der Waals surface area contributed by atoms with E-state index in [9.17, 15) is 4.21 Å². The first-order chi connectivity index (χ1) is 8.45. The summed E-state index contributed by atoms with van der Waals surface area (Å²) in [4.78, 5) is 0. The van der Waals surface area contributed by atoms with Crippen molar-refractivity contribution in [2.45, 2.75) is 65.2 Å². The molecule has 1 fully saturated rings. The molecule has 0 aliphatic heterocycles. The fourth-order valence-corrected chi connectivity index (χ4v) is 5.40. The predicted molar refractivity (Wildman–Crippen MR) is 81.3 cm³/mol. The second-order valence-corrected chi connectivity index (χ2v) is 8.16. The number of nitrogens with one attached hydrogen (secondary N) is 1. The predicted octanol–water partition coefficient (Wildman–Crippen LogP) is 3.19. The maximum Gasteiger partial charge on any atom is 0.0526 e. The van der Waals surface area contributed by atoms with Crippen LogP contribution in [0.2, 0.25) is 0 Å². The van der Waals surface area contributed by atoms with Crippen LogP contribution in [0.25, 0.3) is 0 Å². The lowest BCUT2D eigenvalue weighted by molar-refractivity contribution is 0.247. The highest BCUT2D eigenvalue weighted by Gasteiger charge is 2.37. The summed E-state index contributed by atoms with van der Waals surface area (Å²) < 4.78 is 12.6. The fraction of sp³-hybridized carbons (Fsp3) is 1.00. The van der Waals surface area contributed by atoms with Gasteiger partial charge in [-0.25, -0.2) is 0 Å². The third-order valence-corrected chi connectivity index (χ3v) is 6.09. The van der Waals surface area contributed by atoms with Crippen LogP contribution in [-0.4, -0.2) is 27.8 Å². The van der Waals surface area contributed by atoms with Crippen LogP contribution < -0.4 is 5.32 Å². The van der Waals surface area contributed by atoms with Crippen molar-refractivity contribution in [3.05, 3.63) is 0 Å². The molecule has 0 aromatic heterocycles. The zero-order valence-corrected chi connectivity index (χ0v) is 13.6. The molecular weight excluding hydrogens is 242 g/mol. The summed E-state index contributed by atoms with van der Waals surface area (Å²) in [7, 11) is -0.666. The van der Waals surface area contributed by atoms with Crippen LogP contribution in [0, 0.1) is 17.8 Å². The van der Waals surface area contributed by atoms with Crippen LogP contribution in [0.4, 0.5) is 0 Å². The van der Waals surface area contributed by atoms with Gasteiger partial charge in [0.15, 0.2) is 0 Å². The lowest BCUT2D eigenvalue weighted by Gasteiger charge is -2.39. The van der Waals surface area contributed by atoms with Crippen molar-refractivity contribution in [3.63, 3.8) is 0 Å². The van der Waals surface area contributed by atoms with E-state index in [4.69, 9.17) is 0 Å². The average molecular weight is 273 g/mol. The van der Waals surface area contributed by atoms with Gasteiger partial charge in [-0.05, 0) is 43.6 Å². The summed E-state index contributed by atoms with van der Waals surface area (Å²) in [6.07, 6.45) is 3.51. The lowest BCUT2D eigenvalue weighted by atomic mass is 9.80. The Morgan fingerprint density at radius 3 is 2.50 bits per heavy atom. The van der Waals surface area contributed by atoms with Gasteiger partial charge in [-0.15, -0.1) is 0 Å². The van der Waals surface area contributed by atoms with Crippen LogP contribution in [0.1, 0.15) is 53.9 Å². The molecule has 108 valence electrons. The van der Waals surface area contributed by atoms with Crippen molar-refractivity contribution in [3.8, 4) is 0 Å². The molecule has 0 heterocycles. The van der Waals surface area contributed by atoms with E-state index in [1.807, 2.05) is 0 Å². The molecule has 0 radical (unpaired) electrons. The normalized spacial score (nSPS) is 34.8. The van der Waals surface area contributed by atoms with Gasteiger partial charge in [0.2, 0.25) is 0 Å². The molecule has 5 atom stereocenters. The summed E-state index contributed by atoms with van der Waals surface area (Å²) in [5, 5.41) is 3.93. The minimum atomic E-state index is -0.666. The summed E-state index contributed by atoms with van der Waals surface area (Å²) in [5.41, 5.74) is 0. The quantitative estimate of drug-likeness (QED) is 0.805. The summed E-state index contributed by atoms with van der Waals surface area (Å²) in [5.74, 6) is 2.89. The second-order valence-electron chi connectivity index (χ2n) is 6.45. The van der Waals surface area contributed by atoms with Crippen LogP contribution >= 0.6 is 0 Å². The summed E-state index contributed by atoms with van der Waals surface area (Å²) in [6.45, 7) is 12.2. The van der Waals surface area contributed by atoms with E-state index in [1.165, 1.54) is 12.8 Å². The Balaban J connectivity index is 2.64. The monoisotopic (exact) mass is 273 g/mol. The van der Waals surface area contributed by atoms with E-state index in [1.54, 1.807) is 0 Å². The zero-order chi connectivity index (χ0) is 13.7. The number of hydrogen-bond donors (Lipinski definition) is 1. The van der Waals surface area contributed by atoms with E-state index in [-0.39, 0.29) is 0 Å². The molecule has 1 saturated carbocycles. The number of rotatable bonds is 6. The first kappa shape index (κ1) is 16.2. The van der Waals surface area contributed by atoms with Crippen LogP contribution in [0.15, 0.2) is 0 Å². The topological polar surface area (TPSA) is 29.1 Å². The molecule has 0 saturated heterocycles. The molecule has 0 bridgehead atoms. The highest BCUT2D eigenvalue weighted by Crippen LogP contribution is 2.32. The molecule has 2 nitrogen and oxygen atoms in total. The van der Waals surface area contributed by atoms with Crippen LogP contribution in [0.3, 0.4) is 0 Å². The first-order valence-electron chi connectivity index (χ1n) is 7.56. The van der Waals surface area contributed by atoms with Gasteiger partial charge in [-0.1, -0.05) is 34.6 Å². The first-order valence-corrected chi connectivity index (χ1v) is 8.94. The molecule has 1 N–H and O–H groups in total. The molecule has 0 spiro atoms. The Morgan fingerprint density at radius 1 is 1.28 bits per heavy atom.